The number of nitrogens with one attached hydrogen (secondary N) is 2. The van der Waals surface area contributed by atoms with E-state index < -0.39 is 11.4 Å². The number of hydrogen-bond donors (Lipinski definition) is 3. The molecule has 9 nitrogen and oxygen atoms in total. The molecule has 0 radical (unpaired) electrons. The van der Waals surface area contributed by atoms with Crippen LogP contribution in [0.25, 0.3) is 0 Å². The van der Waals surface area contributed by atoms with Gasteiger partial charge in [-0.2, -0.15) is 0 Å². The zero-order valence-corrected chi connectivity index (χ0v) is 24.1. The molecule has 1 aromatic carbocycles. The molecule has 39 heavy (non-hydrogen) atoms. The summed E-state index contributed by atoms with van der Waals surface area (Å²) >= 11 is 1.64. The topological polar surface area (TPSA) is 103 Å². The van der Waals surface area contributed by atoms with E-state index in [0.29, 0.717) is 36.6 Å². The Balaban J connectivity index is 1.34. The fraction of sp³-hybridized carbons (Fsp3) is 0.607. The first-order valence-electron chi connectivity index (χ1n) is 13.8. The lowest BCUT2D eigenvalue weighted by Gasteiger charge is -2.41. The largest absolute Gasteiger partial charge is 0.451 e. The monoisotopic (exact) mass is 560 g/mol. The molecule has 1 saturated heterocycles. The summed E-state index contributed by atoms with van der Waals surface area (Å²) in [5.41, 5.74) is -0.469. The molecule has 1 saturated carbocycles. The first-order chi connectivity index (χ1) is 18.7. The van der Waals surface area contributed by atoms with Crippen LogP contribution >= 0.6 is 11.9 Å². The number of amides is 1. The zero-order chi connectivity index (χ0) is 28.0. The molecule has 1 aliphatic carbocycles. The highest BCUT2D eigenvalue weighted by atomic mass is 32.2. The van der Waals surface area contributed by atoms with Crippen LogP contribution in [0, 0.1) is 11.7 Å². The maximum atomic E-state index is 14.1. The van der Waals surface area contributed by atoms with E-state index in [1.165, 1.54) is 24.5 Å². The molecule has 1 aromatic heterocycles. The molecule has 11 heteroatoms. The highest BCUT2D eigenvalue weighted by molar-refractivity contribution is 7.96. The first kappa shape index (κ1) is 29.5. The van der Waals surface area contributed by atoms with Crippen LogP contribution in [-0.4, -0.2) is 82.5 Å². The Morgan fingerprint density at radius 2 is 2.05 bits per heavy atom. The predicted molar refractivity (Wildman–Crippen MR) is 153 cm³/mol. The lowest BCUT2D eigenvalue weighted by molar-refractivity contribution is -0.00117. The van der Waals surface area contributed by atoms with Gasteiger partial charge in [0.15, 0.2) is 11.6 Å². The summed E-state index contributed by atoms with van der Waals surface area (Å²) in [6.45, 7) is 9.22. The molecular formula is C28H41FN6O3S. The number of nitrogens with zero attached hydrogens (tertiary/aromatic N) is 4. The minimum atomic E-state index is -0.638. The fourth-order valence-electron chi connectivity index (χ4n) is 5.39. The van der Waals surface area contributed by atoms with Gasteiger partial charge in [0, 0.05) is 50.7 Å². The number of aliphatic hydroxyl groups is 1. The quantitative estimate of drug-likeness (QED) is 0.334. The zero-order valence-electron chi connectivity index (χ0n) is 23.3. The Morgan fingerprint density at radius 1 is 1.31 bits per heavy atom. The Morgan fingerprint density at radius 3 is 2.72 bits per heavy atom. The van der Waals surface area contributed by atoms with Gasteiger partial charge in [0.2, 0.25) is 0 Å². The van der Waals surface area contributed by atoms with Gasteiger partial charge in [0.05, 0.1) is 17.4 Å². The van der Waals surface area contributed by atoms with Gasteiger partial charge in [-0.05, 0) is 70.9 Å². The normalized spacial score (nSPS) is 21.6. The Labute approximate surface area is 235 Å². The smallest absolute Gasteiger partial charge is 0.257 e. The van der Waals surface area contributed by atoms with Gasteiger partial charge < -0.3 is 25.0 Å². The first-order valence-corrected chi connectivity index (χ1v) is 15.0. The van der Waals surface area contributed by atoms with E-state index in [0.717, 1.165) is 45.3 Å². The molecule has 3 N–H and O–H groups in total. The number of hydrogen-bond acceptors (Lipinski definition) is 9. The fourth-order valence-corrected chi connectivity index (χ4v) is 5.96. The van der Waals surface area contributed by atoms with E-state index in [-0.39, 0.29) is 23.3 Å². The van der Waals surface area contributed by atoms with Gasteiger partial charge in [-0.25, -0.2) is 14.4 Å². The van der Waals surface area contributed by atoms with Gasteiger partial charge in [0.1, 0.15) is 17.9 Å². The van der Waals surface area contributed by atoms with Gasteiger partial charge in [-0.1, -0.05) is 11.9 Å². The molecule has 1 aliphatic heterocycles. The molecule has 1 amide bonds. The van der Waals surface area contributed by atoms with E-state index >= 15 is 0 Å². The van der Waals surface area contributed by atoms with Crippen molar-refractivity contribution < 1.29 is 19.0 Å². The molecule has 2 aliphatic rings. The molecule has 2 fully saturated rings. The van der Waals surface area contributed by atoms with Crippen LogP contribution in [0.3, 0.4) is 0 Å². The van der Waals surface area contributed by atoms with E-state index in [1.807, 2.05) is 27.0 Å². The van der Waals surface area contributed by atoms with Crippen molar-refractivity contribution in [1.82, 2.24) is 24.9 Å². The van der Waals surface area contributed by atoms with E-state index in [4.69, 9.17) is 4.74 Å². The molecule has 0 unspecified atom stereocenters. The Bertz CT molecular complexity index is 1110. The predicted octanol–water partition coefficient (Wildman–Crippen LogP) is 3.85. The van der Waals surface area contributed by atoms with Gasteiger partial charge in [-0.15, -0.1) is 0 Å². The molecule has 2 aromatic rings. The third-order valence-corrected chi connectivity index (χ3v) is 8.19. The average molecular weight is 561 g/mol. The van der Waals surface area contributed by atoms with Crippen LogP contribution < -0.4 is 19.7 Å². The average Bonchev–Trinajstić information content (AvgIpc) is 2.89. The number of anilines is 1. The molecule has 4 rings (SSSR count). The summed E-state index contributed by atoms with van der Waals surface area (Å²) in [4.78, 5) is 25.5. The van der Waals surface area contributed by atoms with Gasteiger partial charge >= 0.3 is 0 Å². The SMILES string of the molecule is CCN(C(=O)c1cc(F)ccc1Oc1cncnc1N1CC(CNCC2(O)CCC(NSC)CC2)C1)C(C)C. The Kier molecular flexibility index (Phi) is 10.0. The second-order valence-electron chi connectivity index (χ2n) is 10.9. The van der Waals surface area contributed by atoms with Crippen molar-refractivity contribution in [2.45, 2.75) is 64.1 Å². The summed E-state index contributed by atoms with van der Waals surface area (Å²) in [6, 6.07) is 4.43. The van der Waals surface area contributed by atoms with Crippen molar-refractivity contribution in [2.75, 3.05) is 43.9 Å². The van der Waals surface area contributed by atoms with Gasteiger partial charge in [0.25, 0.3) is 5.91 Å². The van der Waals surface area contributed by atoms with Crippen molar-refractivity contribution >= 4 is 23.7 Å². The van der Waals surface area contributed by atoms with E-state index in [1.54, 1.807) is 23.0 Å². The van der Waals surface area contributed by atoms with Crippen LogP contribution in [0.5, 0.6) is 11.5 Å². The number of ether oxygens (including phenoxy) is 1. The summed E-state index contributed by atoms with van der Waals surface area (Å²) in [5, 5.41) is 14.4. The number of rotatable bonds is 12. The summed E-state index contributed by atoms with van der Waals surface area (Å²) < 4.78 is 23.7. The number of benzene rings is 1. The highest BCUT2D eigenvalue weighted by Crippen LogP contribution is 2.35. The maximum Gasteiger partial charge on any atom is 0.257 e. The Hall–Kier alpha value is -2.47. The third-order valence-electron chi connectivity index (χ3n) is 7.62. The number of carbonyl (C=O) groups excluding carboxylic acids is 1. The highest BCUT2D eigenvalue weighted by Gasteiger charge is 2.34. The van der Waals surface area contributed by atoms with Crippen molar-refractivity contribution in [3.8, 4) is 11.5 Å². The lowest BCUT2D eigenvalue weighted by atomic mass is 9.82. The lowest BCUT2D eigenvalue weighted by Crippen LogP contribution is -2.53. The molecule has 0 bridgehead atoms. The minimum absolute atomic E-state index is 0.0335. The van der Waals surface area contributed by atoms with Crippen molar-refractivity contribution in [2.24, 2.45) is 5.92 Å². The number of aromatic nitrogens is 2. The summed E-state index contributed by atoms with van der Waals surface area (Å²) in [7, 11) is 0. The van der Waals surface area contributed by atoms with Crippen molar-refractivity contribution in [3.63, 3.8) is 0 Å². The van der Waals surface area contributed by atoms with Crippen LogP contribution in [0.15, 0.2) is 30.7 Å². The summed E-state index contributed by atoms with van der Waals surface area (Å²) in [5.74, 6) is 0.957. The van der Waals surface area contributed by atoms with Crippen LogP contribution in [0.1, 0.15) is 56.8 Å². The third kappa shape index (κ3) is 7.39. The van der Waals surface area contributed by atoms with E-state index in [2.05, 4.69) is 24.9 Å². The summed E-state index contributed by atoms with van der Waals surface area (Å²) in [6.07, 6.45) is 8.66. The number of halogens is 1. The molecule has 214 valence electrons. The molecule has 0 atom stereocenters. The van der Waals surface area contributed by atoms with Gasteiger partial charge in [-0.3, -0.25) is 9.52 Å². The number of carbonyl (C=O) groups is 1. The minimum Gasteiger partial charge on any atom is -0.451 e. The second-order valence-corrected chi connectivity index (χ2v) is 11.5. The maximum absolute atomic E-state index is 14.1. The van der Waals surface area contributed by atoms with E-state index in [9.17, 15) is 14.3 Å². The van der Waals surface area contributed by atoms with Crippen LogP contribution in [-0.2, 0) is 0 Å². The molecular weight excluding hydrogens is 519 g/mol. The molecule has 2 heterocycles. The molecule has 0 spiro atoms. The van der Waals surface area contributed by atoms with Crippen molar-refractivity contribution in [3.05, 3.63) is 42.1 Å². The van der Waals surface area contributed by atoms with Crippen LogP contribution in [0.2, 0.25) is 0 Å². The van der Waals surface area contributed by atoms with Crippen LogP contribution in [0.4, 0.5) is 10.2 Å². The van der Waals surface area contributed by atoms with Crippen molar-refractivity contribution in [1.29, 1.82) is 0 Å². The standard InChI is InChI=1S/C28H41FN6O3S/c1-5-35(19(2)3)27(36)23-12-21(29)6-7-24(23)38-25-14-31-18-32-26(25)34-15-20(16-34)13-30-17-28(37)10-8-22(9-11-28)33-39-4/h6-7,12,14,18-20,22,30,33,37H,5,8-11,13,15-17H2,1-4H3. The second kappa shape index (κ2) is 13.3.